The highest BCUT2D eigenvalue weighted by Crippen LogP contribution is 2.24. The van der Waals surface area contributed by atoms with Gasteiger partial charge in [0.2, 0.25) is 0 Å². The van der Waals surface area contributed by atoms with E-state index in [0.29, 0.717) is 17.9 Å². The lowest BCUT2D eigenvalue weighted by Crippen LogP contribution is -2.29. The van der Waals surface area contributed by atoms with Crippen LogP contribution in [0.15, 0.2) is 24.3 Å². The van der Waals surface area contributed by atoms with Gasteiger partial charge < -0.3 is 24.3 Å². The van der Waals surface area contributed by atoms with Crippen LogP contribution in [-0.2, 0) is 19.1 Å². The Morgan fingerprint density at radius 3 is 2.36 bits per heavy atom. The Kier molecular flexibility index (Phi) is 7.12. The van der Waals surface area contributed by atoms with Gasteiger partial charge in [-0.05, 0) is 30.7 Å². The van der Waals surface area contributed by atoms with Gasteiger partial charge in [0.05, 0.1) is 6.10 Å². The zero-order valence-corrected chi connectivity index (χ0v) is 14.4. The second kappa shape index (κ2) is 9.32. The fourth-order valence-electron chi connectivity index (χ4n) is 2.43. The number of benzene rings is 1. The van der Waals surface area contributed by atoms with E-state index >= 15 is 0 Å². The lowest BCUT2D eigenvalue weighted by molar-refractivity contribution is -0.154. The van der Waals surface area contributed by atoms with Gasteiger partial charge in [0.15, 0.2) is 13.2 Å². The average molecular weight is 347 g/mol. The largest absolute Gasteiger partial charge is 0.484 e. The molecule has 8 heteroatoms. The summed E-state index contributed by atoms with van der Waals surface area (Å²) in [6.45, 7) is 1.68. The minimum absolute atomic E-state index is 0.0623. The van der Waals surface area contributed by atoms with Crippen LogP contribution in [0.2, 0.25) is 0 Å². The third kappa shape index (κ3) is 5.97. The molecule has 1 heterocycles. The van der Waals surface area contributed by atoms with Crippen LogP contribution in [0.4, 0.5) is 0 Å². The van der Waals surface area contributed by atoms with Crippen LogP contribution in [0.25, 0.3) is 0 Å². The Morgan fingerprint density at radius 1 is 1.20 bits per heavy atom. The molecule has 7 nitrogen and oxygen atoms in total. The van der Waals surface area contributed by atoms with Gasteiger partial charge in [-0.25, -0.2) is 4.79 Å². The number of carbonyl (C=O) groups excluding carboxylic acids is 2. The second-order valence-electron chi connectivity index (χ2n) is 5.61. The number of rotatable bonds is 8. The quantitative estimate of drug-likeness (QED) is 0.553. The topological polar surface area (TPSA) is 83.1 Å². The van der Waals surface area contributed by atoms with E-state index in [0.717, 1.165) is 6.42 Å². The van der Waals surface area contributed by atoms with Gasteiger partial charge in [-0.15, -0.1) is 0 Å². The summed E-state index contributed by atoms with van der Waals surface area (Å²) in [7, 11) is 7.25. The minimum atomic E-state index is -0.471. The molecule has 0 bridgehead atoms. The Hall–Kier alpha value is -2.22. The first-order valence-corrected chi connectivity index (χ1v) is 8.18. The summed E-state index contributed by atoms with van der Waals surface area (Å²) >= 11 is 0. The smallest absolute Gasteiger partial charge is 0.344 e. The molecule has 1 aromatic rings. The van der Waals surface area contributed by atoms with Gasteiger partial charge in [0.1, 0.15) is 25.4 Å². The maximum atomic E-state index is 11.9. The molecule has 2 radical (unpaired) electrons. The molecule has 1 unspecified atom stereocenters. The summed E-state index contributed by atoms with van der Waals surface area (Å²) in [5, 5.41) is 2.46. The van der Waals surface area contributed by atoms with Gasteiger partial charge in [0.25, 0.3) is 5.91 Å². The average Bonchev–Trinajstić information content (AvgIpc) is 2.98. The first kappa shape index (κ1) is 19.1. The van der Waals surface area contributed by atoms with Gasteiger partial charge in [-0.3, -0.25) is 4.79 Å². The van der Waals surface area contributed by atoms with E-state index in [-0.39, 0.29) is 31.3 Å². The van der Waals surface area contributed by atoms with Gasteiger partial charge in [-0.1, -0.05) is 6.92 Å². The van der Waals surface area contributed by atoms with Gasteiger partial charge in [-0.2, -0.15) is 0 Å². The van der Waals surface area contributed by atoms with Crippen molar-refractivity contribution in [2.45, 2.75) is 38.0 Å². The monoisotopic (exact) mass is 347 g/mol. The summed E-state index contributed by atoms with van der Waals surface area (Å²) in [6, 6.07) is 6.21. The van der Waals surface area contributed by atoms with Crippen LogP contribution < -0.4 is 14.8 Å². The van der Waals surface area contributed by atoms with E-state index in [2.05, 4.69) is 5.32 Å². The lowest BCUT2D eigenvalue weighted by Gasteiger charge is -2.17. The molecule has 134 valence electrons. The second-order valence-corrected chi connectivity index (χ2v) is 5.61. The van der Waals surface area contributed by atoms with Crippen molar-refractivity contribution in [3.8, 4) is 11.5 Å². The minimum Gasteiger partial charge on any atom is -0.484 e. The molecule has 0 spiro atoms. The van der Waals surface area contributed by atoms with E-state index in [4.69, 9.17) is 26.8 Å². The number of carbonyl (C=O) groups is 2. The van der Waals surface area contributed by atoms with Crippen LogP contribution in [-0.4, -0.2) is 58.2 Å². The van der Waals surface area contributed by atoms with Crippen molar-refractivity contribution in [2.75, 3.05) is 20.3 Å². The van der Waals surface area contributed by atoms with Crippen LogP contribution in [0, 0.1) is 0 Å². The SMILES string of the molecule is [B][C@H]1CC(OC(=O)COc2ccc(OCC(=O)NC)cc2)[C@@H](CC)O1. The van der Waals surface area contributed by atoms with Crippen LogP contribution >= 0.6 is 0 Å². The molecular formula is C17H22BNO6. The molecule has 1 amide bonds. The molecule has 1 saturated heterocycles. The summed E-state index contributed by atoms with van der Waals surface area (Å²) in [5.74, 6) is 0.335. The first-order chi connectivity index (χ1) is 12.0. The molecule has 2 rings (SSSR count). The van der Waals surface area contributed by atoms with Crippen LogP contribution in [0.5, 0.6) is 11.5 Å². The number of esters is 1. The van der Waals surface area contributed by atoms with Crippen LogP contribution in [0.3, 0.4) is 0 Å². The fourth-order valence-corrected chi connectivity index (χ4v) is 2.43. The Morgan fingerprint density at radius 2 is 1.80 bits per heavy atom. The van der Waals surface area contributed by atoms with Gasteiger partial charge in [0, 0.05) is 19.5 Å². The van der Waals surface area contributed by atoms with E-state index in [1.54, 1.807) is 24.3 Å². The van der Waals surface area contributed by atoms with Gasteiger partial charge >= 0.3 is 5.97 Å². The molecule has 1 aromatic carbocycles. The zero-order valence-electron chi connectivity index (χ0n) is 14.4. The van der Waals surface area contributed by atoms with Crippen molar-refractivity contribution >= 4 is 19.7 Å². The Balaban J connectivity index is 1.75. The van der Waals surface area contributed by atoms with Crippen molar-refractivity contribution in [1.29, 1.82) is 0 Å². The highest BCUT2D eigenvalue weighted by Gasteiger charge is 2.34. The number of hydrogen-bond donors (Lipinski definition) is 1. The zero-order chi connectivity index (χ0) is 18.2. The highest BCUT2D eigenvalue weighted by molar-refractivity contribution is 6.11. The number of hydrogen-bond acceptors (Lipinski definition) is 6. The number of ether oxygens (including phenoxy) is 4. The van der Waals surface area contributed by atoms with Crippen molar-refractivity contribution < 1.29 is 28.5 Å². The summed E-state index contributed by atoms with van der Waals surface area (Å²) < 4.78 is 21.5. The third-order valence-corrected chi connectivity index (χ3v) is 3.74. The Labute approximate surface area is 148 Å². The molecule has 3 atom stereocenters. The van der Waals surface area contributed by atoms with Crippen molar-refractivity contribution in [1.82, 2.24) is 5.32 Å². The molecule has 1 N–H and O–H groups in total. The first-order valence-electron chi connectivity index (χ1n) is 8.18. The maximum Gasteiger partial charge on any atom is 0.344 e. The highest BCUT2D eigenvalue weighted by atomic mass is 16.6. The molecule has 1 aliphatic rings. The van der Waals surface area contributed by atoms with E-state index < -0.39 is 12.0 Å². The van der Waals surface area contributed by atoms with Crippen molar-refractivity contribution in [3.63, 3.8) is 0 Å². The van der Waals surface area contributed by atoms with E-state index in [9.17, 15) is 9.59 Å². The maximum absolute atomic E-state index is 11.9. The standard InChI is InChI=1S/C17H22BNO6/c1-3-13-14(8-15(18)24-13)25-17(21)10-23-12-6-4-11(5-7-12)22-9-16(20)19-2/h4-7,13-15H,3,8-10H2,1-2H3,(H,19,20)/t13-,14?,15-/m1/s1. The summed E-state index contributed by atoms with van der Waals surface area (Å²) in [5.41, 5.74) is 0. The van der Waals surface area contributed by atoms with Crippen molar-refractivity contribution in [2.24, 2.45) is 0 Å². The summed E-state index contributed by atoms with van der Waals surface area (Å²) in [4.78, 5) is 23.0. The number of nitrogens with one attached hydrogen (secondary N) is 1. The summed E-state index contributed by atoms with van der Waals surface area (Å²) in [6.07, 6.45) is 0.707. The third-order valence-electron chi connectivity index (χ3n) is 3.74. The fraction of sp³-hybridized carbons (Fsp3) is 0.529. The predicted octanol–water partition coefficient (Wildman–Crippen LogP) is 0.795. The van der Waals surface area contributed by atoms with Crippen LogP contribution in [0.1, 0.15) is 19.8 Å². The predicted molar refractivity (Wildman–Crippen MR) is 90.7 cm³/mol. The molecule has 1 aliphatic heterocycles. The molecule has 1 fully saturated rings. The van der Waals surface area contributed by atoms with E-state index in [1.165, 1.54) is 7.05 Å². The molecule has 0 saturated carbocycles. The molecule has 25 heavy (non-hydrogen) atoms. The number of amides is 1. The normalized spacial score (nSPS) is 22.2. The number of likely N-dealkylation sites (N-methyl/N-ethyl adjacent to an activating group) is 1. The lowest BCUT2D eigenvalue weighted by atomic mass is 9.96. The molecule has 0 aromatic heterocycles. The molecular weight excluding hydrogens is 325 g/mol. The van der Waals surface area contributed by atoms with Crippen molar-refractivity contribution in [3.05, 3.63) is 24.3 Å². The van der Waals surface area contributed by atoms with E-state index in [1.807, 2.05) is 6.92 Å². The molecule has 0 aliphatic carbocycles. The Bertz CT molecular complexity index is 579.